The van der Waals surface area contributed by atoms with E-state index in [-0.39, 0.29) is 5.91 Å². The van der Waals surface area contributed by atoms with Gasteiger partial charge in [-0.05, 0) is 73.3 Å². The smallest absolute Gasteiger partial charge is 0.255 e. The van der Waals surface area contributed by atoms with Crippen LogP contribution in [0.4, 0.5) is 5.69 Å². The summed E-state index contributed by atoms with van der Waals surface area (Å²) in [6.07, 6.45) is 6.50. The Morgan fingerprint density at radius 2 is 2.13 bits per heavy atom. The molecule has 8 nitrogen and oxygen atoms in total. The van der Waals surface area contributed by atoms with Crippen molar-refractivity contribution < 1.29 is 4.79 Å². The number of halogens is 1. The highest BCUT2D eigenvalue weighted by Gasteiger charge is 2.31. The van der Waals surface area contributed by atoms with E-state index in [1.165, 1.54) is 0 Å². The molecule has 38 heavy (non-hydrogen) atoms. The normalized spacial score (nSPS) is 18.5. The molecule has 190 valence electrons. The number of nitrogens with zero attached hydrogens (tertiary/aromatic N) is 5. The van der Waals surface area contributed by atoms with E-state index in [1.807, 2.05) is 49.5 Å². The van der Waals surface area contributed by atoms with Gasteiger partial charge in [-0.25, -0.2) is 9.50 Å². The van der Waals surface area contributed by atoms with Crippen molar-refractivity contribution in [1.29, 1.82) is 0 Å². The third kappa shape index (κ3) is 4.99. The van der Waals surface area contributed by atoms with Crippen LogP contribution in [0.2, 0.25) is 5.02 Å². The fourth-order valence-electron chi connectivity index (χ4n) is 4.87. The second-order valence-electron chi connectivity index (χ2n) is 9.68. The Labute approximate surface area is 225 Å². The fourth-order valence-corrected chi connectivity index (χ4v) is 5.11. The zero-order valence-electron chi connectivity index (χ0n) is 20.9. The average molecular weight is 524 g/mol. The minimum atomic E-state index is -0.220. The number of anilines is 1. The third-order valence-corrected chi connectivity index (χ3v) is 7.42. The highest BCUT2D eigenvalue weighted by atomic mass is 35.5. The number of carbonyl (C=O) groups excluding carboxylic acids is 1. The molecule has 2 unspecified atom stereocenters. The Kier molecular flexibility index (Phi) is 6.54. The summed E-state index contributed by atoms with van der Waals surface area (Å²) >= 11 is 6.62. The second-order valence-corrected chi connectivity index (χ2v) is 10.1. The summed E-state index contributed by atoms with van der Waals surface area (Å²) in [6.45, 7) is 4.68. The molecule has 4 aromatic rings. The van der Waals surface area contributed by atoms with Gasteiger partial charge in [0.05, 0.1) is 12.2 Å². The summed E-state index contributed by atoms with van der Waals surface area (Å²) in [7, 11) is 0. The molecule has 2 atom stereocenters. The molecule has 1 amide bonds. The first-order valence-electron chi connectivity index (χ1n) is 12.6. The first-order chi connectivity index (χ1) is 18.5. The average Bonchev–Trinajstić information content (AvgIpc) is 3.56. The van der Waals surface area contributed by atoms with Gasteiger partial charge in [-0.15, -0.1) is 0 Å². The predicted octanol–water partition coefficient (Wildman–Crippen LogP) is 4.12. The number of hydrogen-bond donors (Lipinski definition) is 2. The van der Waals surface area contributed by atoms with Gasteiger partial charge in [0.25, 0.3) is 5.91 Å². The maximum absolute atomic E-state index is 13.1. The van der Waals surface area contributed by atoms with E-state index in [1.54, 1.807) is 29.0 Å². The predicted molar refractivity (Wildman–Crippen MR) is 148 cm³/mol. The lowest BCUT2D eigenvalue weighted by Gasteiger charge is -2.34. The molecule has 4 heterocycles. The lowest BCUT2D eigenvalue weighted by molar-refractivity contribution is 0.102. The Morgan fingerprint density at radius 3 is 3.03 bits per heavy atom. The van der Waals surface area contributed by atoms with Gasteiger partial charge < -0.3 is 10.7 Å². The number of likely N-dealkylation sites (tertiary alicyclic amines) is 1. The van der Waals surface area contributed by atoms with Crippen LogP contribution in [0.25, 0.3) is 5.65 Å². The number of hydrazone groups is 1. The molecule has 0 saturated carbocycles. The number of aryl methyl sites for hydroxylation is 1. The van der Waals surface area contributed by atoms with Crippen molar-refractivity contribution in [3.63, 3.8) is 0 Å². The molecule has 9 heteroatoms. The fraction of sp³-hybridized carbons (Fsp3) is 0.241. The Balaban J connectivity index is 1.14. The minimum absolute atomic E-state index is 0.220. The van der Waals surface area contributed by atoms with Crippen molar-refractivity contribution in [1.82, 2.24) is 24.9 Å². The van der Waals surface area contributed by atoms with Crippen molar-refractivity contribution in [2.24, 2.45) is 11.0 Å². The molecule has 2 aliphatic rings. The summed E-state index contributed by atoms with van der Waals surface area (Å²) in [5.74, 6) is 6.59. The molecule has 0 spiro atoms. The molecule has 0 radical (unpaired) electrons. The number of amides is 1. The van der Waals surface area contributed by atoms with Crippen LogP contribution in [0, 0.1) is 24.7 Å². The SMILES string of the molecule is Cc1ccc(C(=O)Nc2ccc(CN3CCC4C=NNC4C3)c(Cl)c2)cc1C#Cc1cnc2cccnn12. The van der Waals surface area contributed by atoms with Gasteiger partial charge in [-0.1, -0.05) is 29.7 Å². The van der Waals surface area contributed by atoms with Crippen LogP contribution in [0.5, 0.6) is 0 Å². The van der Waals surface area contributed by atoms with Crippen LogP contribution in [0.15, 0.2) is 66.0 Å². The van der Waals surface area contributed by atoms with Crippen LogP contribution >= 0.6 is 11.6 Å². The monoisotopic (exact) mass is 523 g/mol. The van der Waals surface area contributed by atoms with Gasteiger partial charge in [-0.2, -0.15) is 10.2 Å². The van der Waals surface area contributed by atoms with Gasteiger partial charge in [0.1, 0.15) is 5.69 Å². The second kappa shape index (κ2) is 10.3. The number of benzene rings is 2. The number of nitrogens with one attached hydrogen (secondary N) is 2. The minimum Gasteiger partial charge on any atom is -0.322 e. The number of carbonyl (C=O) groups is 1. The third-order valence-electron chi connectivity index (χ3n) is 7.06. The Morgan fingerprint density at radius 1 is 1.21 bits per heavy atom. The first-order valence-corrected chi connectivity index (χ1v) is 12.9. The molecule has 2 aromatic carbocycles. The van der Waals surface area contributed by atoms with Crippen molar-refractivity contribution in [3.8, 4) is 11.8 Å². The maximum Gasteiger partial charge on any atom is 0.255 e. The van der Waals surface area contributed by atoms with E-state index in [2.05, 4.69) is 42.7 Å². The van der Waals surface area contributed by atoms with Crippen LogP contribution in [0.3, 0.4) is 0 Å². The van der Waals surface area contributed by atoms with E-state index in [4.69, 9.17) is 11.6 Å². The van der Waals surface area contributed by atoms with Gasteiger partial charge >= 0.3 is 0 Å². The highest BCUT2D eigenvalue weighted by Crippen LogP contribution is 2.26. The molecule has 0 bridgehead atoms. The molecule has 1 fully saturated rings. The van der Waals surface area contributed by atoms with Gasteiger partial charge in [0.2, 0.25) is 0 Å². The van der Waals surface area contributed by atoms with Gasteiger partial charge in [0.15, 0.2) is 5.65 Å². The van der Waals surface area contributed by atoms with E-state index >= 15 is 0 Å². The largest absolute Gasteiger partial charge is 0.322 e. The van der Waals surface area contributed by atoms with E-state index in [9.17, 15) is 4.79 Å². The number of fused-ring (bicyclic) bond motifs is 2. The van der Waals surface area contributed by atoms with Crippen LogP contribution in [-0.2, 0) is 6.54 Å². The first kappa shape index (κ1) is 24.2. The van der Waals surface area contributed by atoms with Crippen LogP contribution in [-0.4, -0.2) is 50.8 Å². The molecular formula is C29H26ClN7O. The van der Waals surface area contributed by atoms with Crippen LogP contribution in [0.1, 0.15) is 39.2 Å². The molecule has 0 aliphatic carbocycles. The zero-order valence-corrected chi connectivity index (χ0v) is 21.6. The standard InChI is InChI=1S/C29H26ClN7O/c1-19-4-5-21(13-20(19)7-9-25-16-31-28-3-2-11-33-37(25)28)29(38)34-24-8-6-23(26(30)14-24)17-36-12-10-22-15-32-35-27(22)18-36/h2-6,8,11,13-16,22,27,35H,10,12,17-18H2,1H3,(H,34,38). The maximum atomic E-state index is 13.1. The zero-order chi connectivity index (χ0) is 26.1. The van der Waals surface area contributed by atoms with Crippen molar-refractivity contribution in [2.45, 2.75) is 25.9 Å². The van der Waals surface area contributed by atoms with E-state index in [0.29, 0.717) is 33.9 Å². The summed E-state index contributed by atoms with van der Waals surface area (Å²) in [6, 6.07) is 15.3. The quantitative estimate of drug-likeness (QED) is 0.393. The van der Waals surface area contributed by atoms with Crippen molar-refractivity contribution in [3.05, 3.63) is 93.9 Å². The molecular weight excluding hydrogens is 498 g/mol. The number of aromatic nitrogens is 3. The van der Waals surface area contributed by atoms with E-state index in [0.717, 1.165) is 48.4 Å². The summed E-state index contributed by atoms with van der Waals surface area (Å²) < 4.78 is 1.69. The number of imidazole rings is 1. The number of piperidine rings is 1. The molecule has 1 saturated heterocycles. The summed E-state index contributed by atoms with van der Waals surface area (Å²) in [5, 5.41) is 12.1. The topological polar surface area (TPSA) is 86.9 Å². The summed E-state index contributed by atoms with van der Waals surface area (Å²) in [5.41, 5.74) is 8.57. The Hall–Kier alpha value is -4.19. The van der Waals surface area contributed by atoms with Gasteiger partial charge in [-0.3, -0.25) is 9.69 Å². The Bertz CT molecular complexity index is 1620. The molecule has 2 aliphatic heterocycles. The lowest BCUT2D eigenvalue weighted by Crippen LogP contribution is -2.46. The molecule has 6 rings (SSSR count). The van der Waals surface area contributed by atoms with E-state index < -0.39 is 0 Å². The lowest BCUT2D eigenvalue weighted by atomic mass is 9.94. The van der Waals surface area contributed by atoms with Crippen molar-refractivity contribution in [2.75, 3.05) is 18.4 Å². The number of rotatable bonds is 4. The van der Waals surface area contributed by atoms with Crippen LogP contribution < -0.4 is 10.7 Å². The molecule has 2 aromatic heterocycles. The number of hydrogen-bond acceptors (Lipinski definition) is 6. The summed E-state index contributed by atoms with van der Waals surface area (Å²) in [4.78, 5) is 19.8. The molecule has 2 N–H and O–H groups in total. The van der Waals surface area contributed by atoms with Gasteiger partial charge in [0, 0.05) is 53.3 Å². The highest BCUT2D eigenvalue weighted by molar-refractivity contribution is 6.31. The van der Waals surface area contributed by atoms with Crippen molar-refractivity contribution >= 4 is 35.1 Å².